The van der Waals surface area contributed by atoms with Gasteiger partial charge in [-0.15, -0.1) is 0 Å². The molecule has 1 amide bonds. The number of nitrogens with zero attached hydrogens (tertiary/aromatic N) is 1. The Bertz CT molecular complexity index is 689. The number of hydrogen-bond donors (Lipinski definition) is 4. The van der Waals surface area contributed by atoms with Crippen LogP contribution in [0.4, 0.5) is 0 Å². The highest BCUT2D eigenvalue weighted by Crippen LogP contribution is 2.22. The Morgan fingerprint density at radius 2 is 1.88 bits per heavy atom. The highest BCUT2D eigenvalue weighted by molar-refractivity contribution is 5.76. The van der Waals surface area contributed by atoms with E-state index in [1.54, 1.807) is 0 Å². The van der Waals surface area contributed by atoms with Crippen molar-refractivity contribution in [3.63, 3.8) is 0 Å². The minimum absolute atomic E-state index is 0.0683. The van der Waals surface area contributed by atoms with Crippen LogP contribution in [-0.2, 0) is 4.79 Å². The molecule has 0 radical (unpaired) electrons. The van der Waals surface area contributed by atoms with E-state index in [-0.39, 0.29) is 30.0 Å². The molecule has 2 heterocycles. The highest BCUT2D eigenvalue weighted by atomic mass is 16.1. The van der Waals surface area contributed by atoms with Crippen LogP contribution in [0.25, 0.3) is 11.3 Å². The molecule has 3 unspecified atom stereocenters. The number of H-pyrrole nitrogens is 1. The van der Waals surface area contributed by atoms with Gasteiger partial charge in [0.25, 0.3) is 0 Å². The van der Waals surface area contributed by atoms with E-state index in [0.717, 1.165) is 23.5 Å². The fourth-order valence-corrected chi connectivity index (χ4v) is 3.37. The van der Waals surface area contributed by atoms with Crippen molar-refractivity contribution >= 4 is 5.91 Å². The number of carbonyl (C=O) groups is 1. The standard InChI is InChI=1S/C19H27N5O/c1-4-16(21-18(25)10-15-12(2)23-24-13(15)3)19-20-11-17(22-19)14-8-6-5-7-9-14/h5-9,11-13,15-16,23-24H,4,10H2,1-3H3,(H,20,22)(H,21,25). The molecule has 0 saturated carbocycles. The molecule has 1 aromatic heterocycles. The molecule has 0 bridgehead atoms. The number of aromatic nitrogens is 2. The van der Waals surface area contributed by atoms with Crippen LogP contribution >= 0.6 is 0 Å². The zero-order chi connectivity index (χ0) is 17.8. The second kappa shape index (κ2) is 7.80. The lowest BCUT2D eigenvalue weighted by atomic mass is 9.92. The summed E-state index contributed by atoms with van der Waals surface area (Å²) < 4.78 is 0. The summed E-state index contributed by atoms with van der Waals surface area (Å²) in [6.07, 6.45) is 3.12. The van der Waals surface area contributed by atoms with Gasteiger partial charge in [-0.2, -0.15) is 0 Å². The van der Waals surface area contributed by atoms with Crippen molar-refractivity contribution in [3.8, 4) is 11.3 Å². The zero-order valence-electron chi connectivity index (χ0n) is 15.0. The predicted octanol–water partition coefficient (Wildman–Crippen LogP) is 2.54. The van der Waals surface area contributed by atoms with Crippen LogP contribution < -0.4 is 16.2 Å². The van der Waals surface area contributed by atoms with Crippen molar-refractivity contribution in [2.45, 2.75) is 51.7 Å². The Hall–Kier alpha value is -2.18. The second-order valence-electron chi connectivity index (χ2n) is 6.81. The molecule has 3 rings (SSSR count). The molecule has 1 saturated heterocycles. The minimum Gasteiger partial charge on any atom is -0.346 e. The van der Waals surface area contributed by atoms with Gasteiger partial charge in [-0.1, -0.05) is 37.3 Å². The molecule has 1 aliphatic heterocycles. The van der Waals surface area contributed by atoms with Gasteiger partial charge in [0.2, 0.25) is 5.91 Å². The van der Waals surface area contributed by atoms with Crippen LogP contribution in [0.2, 0.25) is 0 Å². The number of aromatic amines is 1. The second-order valence-corrected chi connectivity index (χ2v) is 6.81. The summed E-state index contributed by atoms with van der Waals surface area (Å²) in [5.41, 5.74) is 8.45. The maximum atomic E-state index is 12.5. The smallest absolute Gasteiger partial charge is 0.220 e. The van der Waals surface area contributed by atoms with E-state index in [1.807, 2.05) is 36.5 Å². The SMILES string of the molecule is CCC(NC(=O)CC1C(C)NNC1C)c1ncc(-c2ccccc2)[nH]1. The Morgan fingerprint density at radius 1 is 1.20 bits per heavy atom. The van der Waals surface area contributed by atoms with Crippen LogP contribution in [-0.4, -0.2) is 28.0 Å². The molecule has 3 atom stereocenters. The van der Waals surface area contributed by atoms with Gasteiger partial charge in [-0.05, 0) is 25.8 Å². The van der Waals surface area contributed by atoms with Gasteiger partial charge < -0.3 is 10.3 Å². The number of imidazole rings is 1. The number of hydrazine groups is 1. The summed E-state index contributed by atoms with van der Waals surface area (Å²) in [6.45, 7) is 6.26. The third-order valence-corrected chi connectivity index (χ3v) is 5.00. The van der Waals surface area contributed by atoms with Gasteiger partial charge in [0.1, 0.15) is 5.82 Å². The van der Waals surface area contributed by atoms with E-state index >= 15 is 0 Å². The van der Waals surface area contributed by atoms with Gasteiger partial charge in [-0.3, -0.25) is 15.6 Å². The maximum Gasteiger partial charge on any atom is 0.220 e. The summed E-state index contributed by atoms with van der Waals surface area (Å²) in [7, 11) is 0. The van der Waals surface area contributed by atoms with E-state index in [0.29, 0.717) is 6.42 Å². The molecule has 6 nitrogen and oxygen atoms in total. The molecule has 0 aliphatic carbocycles. The summed E-state index contributed by atoms with van der Waals surface area (Å²) in [5, 5.41) is 3.13. The van der Waals surface area contributed by atoms with E-state index < -0.39 is 0 Å². The normalized spacial score (nSPS) is 24.2. The number of carbonyl (C=O) groups excluding carboxylic acids is 1. The summed E-state index contributed by atoms with van der Waals surface area (Å²) in [5.74, 6) is 1.16. The van der Waals surface area contributed by atoms with Gasteiger partial charge in [-0.25, -0.2) is 4.98 Å². The van der Waals surface area contributed by atoms with Crippen LogP contribution in [0.1, 0.15) is 45.5 Å². The van der Waals surface area contributed by atoms with Crippen molar-refractivity contribution in [3.05, 3.63) is 42.4 Å². The monoisotopic (exact) mass is 341 g/mol. The lowest BCUT2D eigenvalue weighted by Gasteiger charge is -2.20. The van der Waals surface area contributed by atoms with E-state index in [2.05, 4.69) is 46.9 Å². The number of amides is 1. The molecule has 1 aliphatic rings. The minimum atomic E-state index is -0.0992. The highest BCUT2D eigenvalue weighted by Gasteiger charge is 2.32. The molecule has 4 N–H and O–H groups in total. The topological polar surface area (TPSA) is 81.8 Å². The van der Waals surface area contributed by atoms with E-state index in [9.17, 15) is 4.79 Å². The molecule has 6 heteroatoms. The summed E-state index contributed by atoms with van der Waals surface area (Å²) in [6, 6.07) is 10.5. The molecule has 134 valence electrons. The summed E-state index contributed by atoms with van der Waals surface area (Å²) in [4.78, 5) is 20.3. The third kappa shape index (κ3) is 4.08. The largest absolute Gasteiger partial charge is 0.346 e. The molecule has 25 heavy (non-hydrogen) atoms. The number of nitrogens with one attached hydrogen (secondary N) is 4. The number of hydrogen-bond acceptors (Lipinski definition) is 4. The average Bonchev–Trinajstić information content (AvgIpc) is 3.23. The van der Waals surface area contributed by atoms with Crippen LogP contribution in [0.15, 0.2) is 36.5 Å². The lowest BCUT2D eigenvalue weighted by Crippen LogP contribution is -2.34. The van der Waals surface area contributed by atoms with Crippen molar-refractivity contribution in [1.82, 2.24) is 26.1 Å². The van der Waals surface area contributed by atoms with Crippen molar-refractivity contribution in [1.29, 1.82) is 0 Å². The Labute approximate surface area is 148 Å². The fourth-order valence-electron chi connectivity index (χ4n) is 3.37. The first-order valence-corrected chi connectivity index (χ1v) is 8.99. The average molecular weight is 341 g/mol. The van der Waals surface area contributed by atoms with Crippen molar-refractivity contribution in [2.75, 3.05) is 0 Å². The Kier molecular flexibility index (Phi) is 5.50. The van der Waals surface area contributed by atoms with Crippen molar-refractivity contribution < 1.29 is 4.79 Å². The molecule has 0 spiro atoms. The maximum absolute atomic E-state index is 12.5. The van der Waals surface area contributed by atoms with E-state index in [4.69, 9.17) is 0 Å². The van der Waals surface area contributed by atoms with Crippen LogP contribution in [0, 0.1) is 5.92 Å². The van der Waals surface area contributed by atoms with Crippen molar-refractivity contribution in [2.24, 2.45) is 5.92 Å². The van der Waals surface area contributed by atoms with Crippen LogP contribution in [0.5, 0.6) is 0 Å². The van der Waals surface area contributed by atoms with Gasteiger partial charge in [0, 0.05) is 24.4 Å². The third-order valence-electron chi connectivity index (χ3n) is 5.00. The van der Waals surface area contributed by atoms with E-state index in [1.165, 1.54) is 0 Å². The Morgan fingerprint density at radius 3 is 2.52 bits per heavy atom. The zero-order valence-corrected chi connectivity index (χ0v) is 15.0. The fraction of sp³-hybridized carbons (Fsp3) is 0.474. The molecular weight excluding hydrogens is 314 g/mol. The lowest BCUT2D eigenvalue weighted by molar-refractivity contribution is -0.123. The summed E-state index contributed by atoms with van der Waals surface area (Å²) >= 11 is 0. The molecule has 2 aromatic rings. The quantitative estimate of drug-likeness (QED) is 0.651. The number of rotatable bonds is 6. The van der Waals surface area contributed by atoms with Gasteiger partial charge in [0.15, 0.2) is 0 Å². The first kappa shape index (κ1) is 17.6. The van der Waals surface area contributed by atoms with Gasteiger partial charge >= 0.3 is 0 Å². The Balaban J connectivity index is 1.64. The molecule has 1 fully saturated rings. The molecular formula is C19H27N5O. The van der Waals surface area contributed by atoms with Crippen LogP contribution in [0.3, 0.4) is 0 Å². The number of benzene rings is 1. The first-order chi connectivity index (χ1) is 12.1. The molecule has 1 aromatic carbocycles. The van der Waals surface area contributed by atoms with Gasteiger partial charge in [0.05, 0.1) is 17.9 Å². The predicted molar refractivity (Wildman–Crippen MR) is 98.5 cm³/mol. The first-order valence-electron chi connectivity index (χ1n) is 8.99.